The van der Waals surface area contributed by atoms with E-state index in [-0.39, 0.29) is 29.6 Å². The summed E-state index contributed by atoms with van der Waals surface area (Å²) in [4.78, 5) is -0.806. The zero-order chi connectivity index (χ0) is 8.48. The molecule has 0 aliphatic carbocycles. The molecule has 1 aromatic carbocycles. The van der Waals surface area contributed by atoms with Gasteiger partial charge in [0.25, 0.3) is 0 Å². The van der Waals surface area contributed by atoms with Gasteiger partial charge in [-0.1, -0.05) is 12.1 Å². The fourth-order valence-corrected chi connectivity index (χ4v) is 1.20. The average Bonchev–Trinajstić information content (AvgIpc) is 1.86. The molecule has 0 spiro atoms. The maximum absolute atomic E-state index is 12.5. The van der Waals surface area contributed by atoms with E-state index in [9.17, 15) is 17.4 Å². The minimum Gasteiger partial charge on any atom is -0.744 e. The van der Waals surface area contributed by atoms with Gasteiger partial charge in [-0.05, 0) is 12.1 Å². The van der Waals surface area contributed by atoms with Crippen molar-refractivity contribution < 1.29 is 46.9 Å². The van der Waals surface area contributed by atoms with Crippen molar-refractivity contribution in [3.63, 3.8) is 0 Å². The Hall–Kier alpha value is 0.0600. The summed E-state index contributed by atoms with van der Waals surface area (Å²) in [5, 5.41) is 0. The van der Waals surface area contributed by atoms with Gasteiger partial charge in [-0.3, -0.25) is 0 Å². The van der Waals surface area contributed by atoms with Crippen LogP contribution in [0.25, 0.3) is 0 Å². The molecule has 0 atom stereocenters. The Bertz CT molecular complexity index is 363. The number of hydrogen-bond acceptors (Lipinski definition) is 3. The van der Waals surface area contributed by atoms with Gasteiger partial charge in [-0.15, -0.1) is 0 Å². The molecule has 0 fully saturated rings. The van der Waals surface area contributed by atoms with E-state index < -0.39 is 20.8 Å². The molecule has 0 saturated carbocycles. The summed E-state index contributed by atoms with van der Waals surface area (Å²) in [7, 11) is -4.66. The molecular weight excluding hydrogens is 194 g/mol. The molecule has 1 aromatic rings. The molecule has 60 valence electrons. The standard InChI is InChI=1S/C6H5FO3S.Na/c7-5-3-1-2-4-6(5)11(8,9)10;/h1-4H,(H,8,9,10);/q;+1/p-1. The Balaban J connectivity index is 0.00000121. The molecule has 0 amide bonds. The Morgan fingerprint density at radius 3 is 2.08 bits per heavy atom. The second kappa shape index (κ2) is 4.34. The van der Waals surface area contributed by atoms with E-state index in [0.717, 1.165) is 12.1 Å². The summed E-state index contributed by atoms with van der Waals surface area (Å²) in [5.41, 5.74) is 0. The summed E-state index contributed by atoms with van der Waals surface area (Å²) in [6.07, 6.45) is 0. The molecule has 0 bridgehead atoms. The van der Waals surface area contributed by atoms with Crippen molar-refractivity contribution in [2.75, 3.05) is 0 Å². The molecule has 0 heterocycles. The third-order valence-electron chi connectivity index (χ3n) is 1.11. The predicted octanol–water partition coefficient (Wildman–Crippen LogP) is -2.27. The largest absolute Gasteiger partial charge is 1.00 e. The van der Waals surface area contributed by atoms with Crippen LogP contribution in [0.3, 0.4) is 0 Å². The normalized spacial score (nSPS) is 10.5. The zero-order valence-electron chi connectivity index (χ0n) is 6.32. The molecule has 0 aliphatic rings. The van der Waals surface area contributed by atoms with Crippen LogP contribution in [0.5, 0.6) is 0 Å². The van der Waals surface area contributed by atoms with Crippen LogP contribution in [-0.2, 0) is 10.1 Å². The van der Waals surface area contributed by atoms with E-state index in [0.29, 0.717) is 0 Å². The third-order valence-corrected chi connectivity index (χ3v) is 1.98. The fraction of sp³-hybridized carbons (Fsp3) is 0. The topological polar surface area (TPSA) is 57.2 Å². The van der Waals surface area contributed by atoms with Crippen molar-refractivity contribution >= 4 is 10.1 Å². The molecule has 0 radical (unpaired) electrons. The Labute approximate surface area is 91.6 Å². The van der Waals surface area contributed by atoms with Crippen molar-refractivity contribution in [1.82, 2.24) is 0 Å². The van der Waals surface area contributed by atoms with E-state index in [2.05, 4.69) is 0 Å². The molecule has 0 N–H and O–H groups in total. The van der Waals surface area contributed by atoms with Crippen LogP contribution in [0.4, 0.5) is 4.39 Å². The quantitative estimate of drug-likeness (QED) is 0.378. The first-order valence-corrected chi connectivity index (χ1v) is 4.13. The van der Waals surface area contributed by atoms with Gasteiger partial charge in [0.1, 0.15) is 15.9 Å². The summed E-state index contributed by atoms with van der Waals surface area (Å²) in [6, 6.07) is 4.44. The van der Waals surface area contributed by atoms with Gasteiger partial charge in [-0.2, -0.15) is 0 Å². The second-order valence-electron chi connectivity index (χ2n) is 1.88. The zero-order valence-corrected chi connectivity index (χ0v) is 9.14. The monoisotopic (exact) mass is 198 g/mol. The summed E-state index contributed by atoms with van der Waals surface area (Å²) in [6.45, 7) is 0. The number of rotatable bonds is 1. The van der Waals surface area contributed by atoms with E-state index in [4.69, 9.17) is 0 Å². The van der Waals surface area contributed by atoms with Gasteiger partial charge in [0.15, 0.2) is 0 Å². The van der Waals surface area contributed by atoms with E-state index in [1.54, 1.807) is 0 Å². The van der Waals surface area contributed by atoms with Crippen LogP contribution in [0, 0.1) is 5.82 Å². The van der Waals surface area contributed by atoms with E-state index in [1.807, 2.05) is 0 Å². The Morgan fingerprint density at radius 1 is 1.25 bits per heavy atom. The van der Waals surface area contributed by atoms with Crippen molar-refractivity contribution in [3.8, 4) is 0 Å². The van der Waals surface area contributed by atoms with Gasteiger partial charge in [-0.25, -0.2) is 12.8 Å². The second-order valence-corrected chi connectivity index (χ2v) is 3.23. The van der Waals surface area contributed by atoms with Crippen LogP contribution in [0.2, 0.25) is 0 Å². The van der Waals surface area contributed by atoms with Gasteiger partial charge < -0.3 is 4.55 Å². The summed E-state index contributed by atoms with van der Waals surface area (Å²) < 4.78 is 43.3. The molecule has 0 aliphatic heterocycles. The maximum atomic E-state index is 12.5. The van der Waals surface area contributed by atoms with Crippen molar-refractivity contribution in [2.45, 2.75) is 4.90 Å². The van der Waals surface area contributed by atoms with Crippen LogP contribution in [0.1, 0.15) is 0 Å². The van der Waals surface area contributed by atoms with Gasteiger partial charge >= 0.3 is 29.6 Å². The molecular formula is C6H4FNaO3S. The van der Waals surface area contributed by atoms with Crippen molar-refractivity contribution in [1.29, 1.82) is 0 Å². The van der Waals surface area contributed by atoms with Gasteiger partial charge in [0, 0.05) is 0 Å². The smallest absolute Gasteiger partial charge is 0.744 e. The van der Waals surface area contributed by atoms with Crippen LogP contribution < -0.4 is 29.6 Å². The molecule has 6 heteroatoms. The first-order valence-electron chi connectivity index (χ1n) is 2.72. The Morgan fingerprint density at radius 2 is 1.75 bits per heavy atom. The summed E-state index contributed by atoms with van der Waals surface area (Å²) in [5.74, 6) is -1.01. The van der Waals surface area contributed by atoms with Gasteiger partial charge in [0.05, 0.1) is 4.90 Å². The predicted molar refractivity (Wildman–Crippen MR) is 34.4 cm³/mol. The molecule has 0 saturated heterocycles. The van der Waals surface area contributed by atoms with E-state index in [1.165, 1.54) is 12.1 Å². The van der Waals surface area contributed by atoms with Crippen LogP contribution >= 0.6 is 0 Å². The fourth-order valence-electron chi connectivity index (χ4n) is 0.647. The number of benzene rings is 1. The average molecular weight is 198 g/mol. The molecule has 12 heavy (non-hydrogen) atoms. The number of halogens is 1. The summed E-state index contributed by atoms with van der Waals surface area (Å²) >= 11 is 0. The molecule has 3 nitrogen and oxygen atoms in total. The molecule has 1 rings (SSSR count). The third kappa shape index (κ3) is 2.84. The van der Waals surface area contributed by atoms with E-state index >= 15 is 0 Å². The molecule has 0 unspecified atom stereocenters. The van der Waals surface area contributed by atoms with Crippen molar-refractivity contribution in [3.05, 3.63) is 30.1 Å². The Kier molecular flexibility index (Phi) is 4.36. The maximum Gasteiger partial charge on any atom is 1.00 e. The first kappa shape index (κ1) is 12.1. The SMILES string of the molecule is O=S(=O)([O-])c1ccccc1F.[Na+]. The molecule has 0 aromatic heterocycles. The number of hydrogen-bond donors (Lipinski definition) is 0. The van der Waals surface area contributed by atoms with Crippen LogP contribution in [0.15, 0.2) is 29.2 Å². The van der Waals surface area contributed by atoms with Gasteiger partial charge in [0.2, 0.25) is 0 Å². The van der Waals surface area contributed by atoms with Crippen molar-refractivity contribution in [2.24, 2.45) is 0 Å². The minimum atomic E-state index is -4.66. The first-order chi connectivity index (χ1) is 5.02. The minimum absolute atomic E-state index is 0. The van der Waals surface area contributed by atoms with Crippen LogP contribution in [-0.4, -0.2) is 13.0 Å².